The Morgan fingerprint density at radius 1 is 0.305 bits per heavy atom. The molecular weight excluding hydrogens is 1240 g/mol. The summed E-state index contributed by atoms with van der Waals surface area (Å²) in [6, 6.07) is 0. The average molecular weight is 1370 g/mol. The summed E-state index contributed by atoms with van der Waals surface area (Å²) in [4.78, 5) is 58.5. The highest BCUT2D eigenvalue weighted by Gasteiger charge is 2.29. The van der Waals surface area contributed by atoms with Crippen LogP contribution < -0.4 is 0 Å². The average Bonchev–Trinajstić information content (AvgIpc) is 2.15. The molecule has 0 amide bonds. The topological polar surface area (TPSA) is 231 Å². The van der Waals surface area contributed by atoms with Crippen LogP contribution in [0, 0.1) is 0 Å². The number of aliphatic hydroxyl groups is 2. The van der Waals surface area contributed by atoms with E-state index < -0.39 is 91.5 Å². The zero-order valence-corrected chi connectivity index (χ0v) is 60.8. The minimum Gasteiger partial charge on any atom is -0.463 e. The van der Waals surface area contributed by atoms with E-state index in [1.807, 2.05) is 0 Å². The van der Waals surface area contributed by atoms with Crippen LogP contribution in [0.2, 0.25) is 0 Å². The van der Waals surface area contributed by atoms with Gasteiger partial charge in [-0.1, -0.05) is 251 Å². The highest BCUT2D eigenvalue weighted by Crippen LogP contribution is 2.45. The second-order valence-corrected chi connectivity index (χ2v) is 26.9. The lowest BCUT2D eigenvalue weighted by Gasteiger charge is -2.21. The van der Waals surface area contributed by atoms with Gasteiger partial charge in [0.1, 0.15) is 25.4 Å². The standard InChI is InChI=1S/C77H130O16P2/c1-4-7-10-13-16-19-22-25-28-30-32-34-35-37-39-40-43-45-48-51-54-57-60-63-75(80)87-66-72(78)67-89-94(83,84)90-68-73(79)69-91-95(85,86)92-71-74(93-77(82)65-62-59-56-53-50-47-42-27-24-21-18-15-12-9-6-3)70-88-76(81)64-61-58-55-52-49-46-44-41-38-36-33-31-29-26-23-20-17-14-11-8-5-2/h8,11,16-21,25-29,32-34,36-37,39,41-42,44,72-74,78-79H,4-7,9-10,12-15,22-24,30-31,35,38,40,43,45-71H2,1-3H3,(H,83,84)(H,85,86)/b11-8-,19-16-,20-17-,21-18-,28-25-,29-26-,34-32-,36-33-,39-37-,42-27-,44-41-. The number of carbonyl (C=O) groups excluding carboxylic acids is 3. The van der Waals surface area contributed by atoms with E-state index >= 15 is 0 Å². The van der Waals surface area contributed by atoms with E-state index in [2.05, 4.69) is 154 Å². The predicted octanol–water partition coefficient (Wildman–Crippen LogP) is 20.8. The Balaban J connectivity index is 4.68. The second-order valence-electron chi connectivity index (χ2n) is 24.0. The number of rotatable bonds is 68. The summed E-state index contributed by atoms with van der Waals surface area (Å²) in [5.41, 5.74) is 0. The highest BCUT2D eigenvalue weighted by atomic mass is 31.2. The summed E-state index contributed by atoms with van der Waals surface area (Å²) in [5.74, 6) is -1.63. The van der Waals surface area contributed by atoms with Crippen molar-refractivity contribution < 1.29 is 75.8 Å². The van der Waals surface area contributed by atoms with E-state index in [1.165, 1.54) is 44.9 Å². The third-order valence-corrected chi connectivity index (χ3v) is 16.7. The number of carbonyl (C=O) groups is 3. The van der Waals surface area contributed by atoms with Gasteiger partial charge < -0.3 is 34.2 Å². The van der Waals surface area contributed by atoms with Gasteiger partial charge in [-0.3, -0.25) is 32.5 Å². The van der Waals surface area contributed by atoms with Gasteiger partial charge in [0.15, 0.2) is 6.10 Å². The quantitative estimate of drug-likeness (QED) is 0.0146. The van der Waals surface area contributed by atoms with Crippen molar-refractivity contribution in [3.63, 3.8) is 0 Å². The van der Waals surface area contributed by atoms with Crippen molar-refractivity contribution in [3.05, 3.63) is 134 Å². The van der Waals surface area contributed by atoms with Gasteiger partial charge in [0.05, 0.1) is 26.4 Å². The Bertz CT molecular complexity index is 2260. The summed E-state index contributed by atoms with van der Waals surface area (Å²) in [6.45, 7) is 2.45. The minimum absolute atomic E-state index is 0.0798. The van der Waals surface area contributed by atoms with Crippen molar-refractivity contribution in [2.75, 3.05) is 39.6 Å². The van der Waals surface area contributed by atoms with Crippen LogP contribution >= 0.6 is 15.6 Å². The SMILES string of the molecule is CC/C=C\C/C=C\C/C=C\C/C=C\C/C=C\CCCCCCCC(=O)OCC(COP(=O)(O)OCC(O)COP(=O)(O)OCC(O)COC(=O)CCCCCCCCC/C=C\C/C=C\C/C=C\C/C=C\CCCCC)OC(=O)CCCCCCC/C=C\C/C=C\CCCCC. The van der Waals surface area contributed by atoms with Gasteiger partial charge in [-0.25, -0.2) is 9.13 Å². The number of esters is 3. The van der Waals surface area contributed by atoms with Crippen molar-refractivity contribution in [2.24, 2.45) is 0 Å². The molecule has 5 atom stereocenters. The maximum absolute atomic E-state index is 12.9. The lowest BCUT2D eigenvalue weighted by Crippen LogP contribution is -2.30. The summed E-state index contributed by atoms with van der Waals surface area (Å²) in [5, 5.41) is 20.6. The van der Waals surface area contributed by atoms with Gasteiger partial charge in [0.2, 0.25) is 0 Å². The fraction of sp³-hybridized carbons (Fsp3) is 0.675. The van der Waals surface area contributed by atoms with Crippen LogP contribution in [0.3, 0.4) is 0 Å². The third-order valence-electron chi connectivity index (χ3n) is 14.8. The normalized spacial score (nSPS) is 14.9. The number of hydrogen-bond acceptors (Lipinski definition) is 14. The predicted molar refractivity (Wildman–Crippen MR) is 390 cm³/mol. The lowest BCUT2D eigenvalue weighted by atomic mass is 10.1. The van der Waals surface area contributed by atoms with Gasteiger partial charge in [-0.15, -0.1) is 0 Å². The van der Waals surface area contributed by atoms with E-state index in [4.69, 9.17) is 32.3 Å². The monoisotopic (exact) mass is 1370 g/mol. The van der Waals surface area contributed by atoms with Gasteiger partial charge in [-0.05, 0) is 141 Å². The van der Waals surface area contributed by atoms with Crippen LogP contribution in [0.25, 0.3) is 0 Å². The number of hydrogen-bond donors (Lipinski definition) is 4. The van der Waals surface area contributed by atoms with Crippen LogP contribution in [0.4, 0.5) is 0 Å². The summed E-state index contributed by atoms with van der Waals surface area (Å²) in [7, 11) is -9.80. The largest absolute Gasteiger partial charge is 0.472 e. The molecule has 0 saturated carbocycles. The number of unbranched alkanes of at least 4 members (excludes halogenated alkanes) is 23. The summed E-state index contributed by atoms with van der Waals surface area (Å²) < 4.78 is 61.0. The maximum atomic E-state index is 12.9. The number of phosphoric acid groups is 2. The zero-order valence-electron chi connectivity index (χ0n) is 59.0. The Hall–Kier alpha value is -4.31. The Morgan fingerprint density at radius 2 is 0.558 bits per heavy atom. The molecule has 544 valence electrons. The van der Waals surface area contributed by atoms with Gasteiger partial charge in [-0.2, -0.15) is 0 Å². The van der Waals surface area contributed by atoms with Crippen LogP contribution in [0.5, 0.6) is 0 Å². The Labute approximate surface area is 575 Å². The second kappa shape index (κ2) is 69.6. The molecule has 5 unspecified atom stereocenters. The first-order valence-electron chi connectivity index (χ1n) is 36.5. The first-order valence-corrected chi connectivity index (χ1v) is 39.5. The molecule has 0 aliphatic heterocycles. The maximum Gasteiger partial charge on any atom is 0.472 e. The molecule has 0 radical (unpaired) electrons. The van der Waals surface area contributed by atoms with E-state index in [9.17, 15) is 43.5 Å². The molecule has 0 aliphatic rings. The Morgan fingerprint density at radius 3 is 0.884 bits per heavy atom. The zero-order chi connectivity index (χ0) is 69.5. The molecule has 4 N–H and O–H groups in total. The molecular formula is C77H130O16P2. The van der Waals surface area contributed by atoms with Crippen LogP contribution in [-0.4, -0.2) is 95.9 Å². The fourth-order valence-corrected chi connectivity index (χ4v) is 10.8. The molecule has 0 fully saturated rings. The lowest BCUT2D eigenvalue weighted by molar-refractivity contribution is -0.161. The number of allylic oxidation sites excluding steroid dienone is 22. The van der Waals surface area contributed by atoms with Gasteiger partial charge in [0.25, 0.3) is 0 Å². The first-order chi connectivity index (χ1) is 46.2. The van der Waals surface area contributed by atoms with Crippen LogP contribution in [0.1, 0.15) is 278 Å². The van der Waals surface area contributed by atoms with Gasteiger partial charge in [0, 0.05) is 19.3 Å². The molecule has 0 aromatic heterocycles. The van der Waals surface area contributed by atoms with Crippen molar-refractivity contribution in [1.29, 1.82) is 0 Å². The van der Waals surface area contributed by atoms with E-state index in [0.29, 0.717) is 19.3 Å². The summed E-state index contributed by atoms with van der Waals surface area (Å²) in [6.07, 6.45) is 82.0. The molecule has 16 nitrogen and oxygen atoms in total. The van der Waals surface area contributed by atoms with E-state index in [-0.39, 0.29) is 19.3 Å². The van der Waals surface area contributed by atoms with Crippen molar-refractivity contribution in [3.8, 4) is 0 Å². The van der Waals surface area contributed by atoms with Crippen LogP contribution in [-0.2, 0) is 55.8 Å². The van der Waals surface area contributed by atoms with E-state index in [1.54, 1.807) is 0 Å². The van der Waals surface area contributed by atoms with E-state index in [0.717, 1.165) is 173 Å². The molecule has 18 heteroatoms. The molecule has 0 rings (SSSR count). The molecule has 0 aromatic rings. The molecule has 0 aliphatic carbocycles. The minimum atomic E-state index is -4.94. The Kier molecular flexibility index (Phi) is 66.4. The number of aliphatic hydroxyl groups excluding tert-OH is 2. The van der Waals surface area contributed by atoms with Crippen molar-refractivity contribution in [1.82, 2.24) is 0 Å². The number of ether oxygens (including phenoxy) is 3. The summed E-state index contributed by atoms with van der Waals surface area (Å²) >= 11 is 0. The highest BCUT2D eigenvalue weighted by molar-refractivity contribution is 7.47. The van der Waals surface area contributed by atoms with Crippen molar-refractivity contribution >= 4 is 33.6 Å². The smallest absolute Gasteiger partial charge is 0.463 e. The fourth-order valence-electron chi connectivity index (χ4n) is 9.26. The molecule has 0 spiro atoms. The molecule has 0 bridgehead atoms. The molecule has 0 heterocycles. The number of phosphoric ester groups is 2. The molecule has 95 heavy (non-hydrogen) atoms. The van der Waals surface area contributed by atoms with Gasteiger partial charge >= 0.3 is 33.6 Å². The van der Waals surface area contributed by atoms with Crippen molar-refractivity contribution in [2.45, 2.75) is 296 Å². The third kappa shape index (κ3) is 70.8. The van der Waals surface area contributed by atoms with Crippen LogP contribution in [0.15, 0.2) is 134 Å². The molecule has 0 aromatic carbocycles. The first kappa shape index (κ1) is 90.7. The molecule has 0 saturated heterocycles.